The fraction of sp³-hybridized carbons (Fsp3) is 0.176. The molecule has 0 bridgehead atoms. The van der Waals surface area contributed by atoms with Gasteiger partial charge in [0.05, 0.1) is 72.0 Å². The second kappa shape index (κ2) is 32.3. The molecule has 0 saturated heterocycles. The van der Waals surface area contributed by atoms with Gasteiger partial charge in [0, 0.05) is 69.5 Å². The molecule has 8 aromatic rings. The topological polar surface area (TPSA) is 185 Å². The molecule has 0 aliphatic rings. The van der Waals surface area contributed by atoms with Crippen LogP contribution in [0.15, 0.2) is 170 Å². The molecule has 0 amide bonds. The summed E-state index contributed by atoms with van der Waals surface area (Å²) in [6.07, 6.45) is 7.04. The number of nitrogens with zero attached hydrogens (tertiary/aromatic N) is 8. The summed E-state index contributed by atoms with van der Waals surface area (Å²) in [6, 6.07) is 47.4. The minimum absolute atomic E-state index is 0. The maximum Gasteiger partial charge on any atom is 2.00 e. The van der Waals surface area contributed by atoms with Crippen LogP contribution in [0.2, 0.25) is 0 Å². The Kier molecular flexibility index (Phi) is 26.8. The summed E-state index contributed by atoms with van der Waals surface area (Å²) >= 11 is 0. The predicted octanol–water partition coefficient (Wildman–Crippen LogP) is 9.53. The molecule has 75 heavy (non-hydrogen) atoms. The number of anilines is 2. The van der Waals surface area contributed by atoms with Crippen LogP contribution >= 0.6 is 0 Å². The number of halogens is 8. The van der Waals surface area contributed by atoms with E-state index in [1.165, 1.54) is 0 Å². The predicted molar refractivity (Wildman–Crippen MR) is 274 cm³/mol. The van der Waals surface area contributed by atoms with Crippen LogP contribution in [-0.4, -0.2) is 130 Å². The van der Waals surface area contributed by atoms with Gasteiger partial charge in [-0.2, -0.15) is 0 Å². The van der Waals surface area contributed by atoms with Crippen LogP contribution in [0.3, 0.4) is 0 Å². The van der Waals surface area contributed by atoms with Crippen molar-refractivity contribution < 1.29 is 79.5 Å². The summed E-state index contributed by atoms with van der Waals surface area (Å²) in [5, 5.41) is 44.2. The molecule has 5 N–H and O–H groups in total. The Hall–Kier alpha value is -7.07. The van der Waals surface area contributed by atoms with Gasteiger partial charge in [0.15, 0.2) is 0 Å². The summed E-state index contributed by atoms with van der Waals surface area (Å²) in [4.78, 5) is 31.4. The molecule has 2 aromatic carbocycles. The van der Waals surface area contributed by atoms with E-state index in [0.717, 1.165) is 86.3 Å². The average Bonchev–Trinajstić information content (AvgIpc) is 3.41. The Bertz CT molecular complexity index is 2500. The summed E-state index contributed by atoms with van der Waals surface area (Å²) in [6.45, 7) is 2.04. The third-order valence-corrected chi connectivity index (χ3v) is 9.97. The molecule has 8 rings (SSSR count). The van der Waals surface area contributed by atoms with E-state index in [2.05, 4.69) is 19.9 Å². The number of aromatic nitrogens is 6. The number of aliphatic hydroxyl groups excluding tert-OH is 5. The SMILES string of the molecule is CO.F[B-](F)(F)F.F[B-](F)(F)F.OCCN(CCO)c1ccc(-c2cc(-c3ccccn3)nc(-c3ccccn3)c2)cc1.OCCN(CCO)c1ccc(-c2cc(-c3ccccn3)nc(-c3ccccn3)c2)cc1.[Zn+2]. The Labute approximate surface area is 441 Å². The van der Waals surface area contributed by atoms with Crippen molar-refractivity contribution in [2.24, 2.45) is 0 Å². The fourth-order valence-electron chi connectivity index (χ4n) is 6.93. The van der Waals surface area contributed by atoms with Crippen molar-refractivity contribution in [3.63, 3.8) is 0 Å². The molecule has 0 fully saturated rings. The maximum atomic E-state index is 9.75. The molecule has 6 aromatic heterocycles. The molecule has 0 aliphatic heterocycles. The Morgan fingerprint density at radius 2 is 0.573 bits per heavy atom. The van der Waals surface area contributed by atoms with Gasteiger partial charge in [-0.3, -0.25) is 19.9 Å². The zero-order valence-corrected chi connectivity index (χ0v) is 43.5. The summed E-state index contributed by atoms with van der Waals surface area (Å²) in [5.41, 5.74) is 12.3. The van der Waals surface area contributed by atoms with Crippen LogP contribution < -0.4 is 9.80 Å². The van der Waals surface area contributed by atoms with Crippen molar-refractivity contribution >= 4 is 25.9 Å². The number of pyridine rings is 6. The third kappa shape index (κ3) is 22.1. The first kappa shape index (κ1) is 62.2. The van der Waals surface area contributed by atoms with Gasteiger partial charge in [-0.1, -0.05) is 48.5 Å². The van der Waals surface area contributed by atoms with Gasteiger partial charge in [0.1, 0.15) is 0 Å². The minimum atomic E-state index is -6.00. The average molecular weight is 1100 g/mol. The van der Waals surface area contributed by atoms with Crippen molar-refractivity contribution in [3.05, 3.63) is 170 Å². The van der Waals surface area contributed by atoms with Crippen LogP contribution in [0.25, 0.3) is 67.8 Å². The van der Waals surface area contributed by atoms with Crippen LogP contribution in [-0.2, 0) is 19.5 Å². The molecule has 0 spiro atoms. The summed E-state index contributed by atoms with van der Waals surface area (Å²) in [7, 11) is -11.0. The molecule has 0 unspecified atom stereocenters. The molecule has 13 nitrogen and oxygen atoms in total. The number of benzene rings is 2. The van der Waals surface area contributed by atoms with Crippen molar-refractivity contribution in [2.75, 3.05) is 69.5 Å². The quantitative estimate of drug-likeness (QED) is 0.0456. The molecule has 390 valence electrons. The molecule has 0 atom stereocenters. The van der Waals surface area contributed by atoms with Crippen LogP contribution in [0.1, 0.15) is 0 Å². The van der Waals surface area contributed by atoms with E-state index in [-0.39, 0.29) is 45.9 Å². The van der Waals surface area contributed by atoms with Gasteiger partial charge in [-0.25, -0.2) is 9.97 Å². The first-order valence-electron chi connectivity index (χ1n) is 22.6. The van der Waals surface area contributed by atoms with E-state index in [1.54, 1.807) is 24.8 Å². The van der Waals surface area contributed by atoms with Crippen molar-refractivity contribution in [1.29, 1.82) is 0 Å². The van der Waals surface area contributed by atoms with Gasteiger partial charge in [0.2, 0.25) is 0 Å². The van der Waals surface area contributed by atoms with E-state index in [0.29, 0.717) is 26.2 Å². The number of rotatable bonds is 16. The monoisotopic (exact) mass is 1090 g/mol. The smallest absolute Gasteiger partial charge is 0.418 e. The molecular formula is C51H52B2F8N8O5Zn. The van der Waals surface area contributed by atoms with Crippen molar-refractivity contribution in [3.8, 4) is 67.8 Å². The Morgan fingerprint density at radius 3 is 0.760 bits per heavy atom. The van der Waals surface area contributed by atoms with Gasteiger partial charge in [0.25, 0.3) is 0 Å². The second-order valence-electron chi connectivity index (χ2n) is 15.1. The molecule has 24 heteroatoms. The van der Waals surface area contributed by atoms with Gasteiger partial charge in [-0.05, 0) is 119 Å². The molecule has 0 saturated carbocycles. The zero-order chi connectivity index (χ0) is 53.9. The van der Waals surface area contributed by atoms with Gasteiger partial charge < -0.3 is 69.9 Å². The standard InChI is InChI=1S/2C25H24N4O2.CH4O.2BF4.Zn/c2*30-15-13-29(14-16-31)21-9-7-19(8-10-21)20-17-24(22-5-1-3-11-26-22)28-25(18-20)23-6-2-4-12-27-23;1-2;2*2-1(3,4)5;/h2*1-12,17-18,30-31H,13-16H2;2H,1H3;;;/q;;;2*-1;+2. The molecule has 0 radical (unpaired) electrons. The molecular weight excluding hydrogens is 1040 g/mol. The van der Waals surface area contributed by atoms with Crippen LogP contribution in [0.4, 0.5) is 45.9 Å². The number of hydrogen-bond donors (Lipinski definition) is 5. The molecule has 0 aliphatic carbocycles. The Morgan fingerprint density at radius 1 is 0.347 bits per heavy atom. The van der Waals surface area contributed by atoms with Crippen LogP contribution in [0, 0.1) is 0 Å². The van der Waals surface area contributed by atoms with Gasteiger partial charge >= 0.3 is 34.0 Å². The van der Waals surface area contributed by atoms with Gasteiger partial charge in [-0.15, -0.1) is 0 Å². The number of aliphatic hydroxyl groups is 5. The molecule has 6 heterocycles. The largest absolute Gasteiger partial charge is 2.00 e. The number of hydrogen-bond acceptors (Lipinski definition) is 13. The summed E-state index contributed by atoms with van der Waals surface area (Å²) in [5.74, 6) is 0. The van der Waals surface area contributed by atoms with E-state index in [4.69, 9.17) is 15.1 Å². The third-order valence-electron chi connectivity index (χ3n) is 9.97. The van der Waals surface area contributed by atoms with E-state index in [9.17, 15) is 55.0 Å². The first-order valence-corrected chi connectivity index (χ1v) is 22.6. The van der Waals surface area contributed by atoms with E-state index in [1.807, 2.05) is 155 Å². The zero-order valence-electron chi connectivity index (χ0n) is 40.5. The summed E-state index contributed by atoms with van der Waals surface area (Å²) < 4.78 is 78.0. The minimum Gasteiger partial charge on any atom is -0.418 e. The van der Waals surface area contributed by atoms with Crippen LogP contribution in [0.5, 0.6) is 0 Å². The normalized spacial score (nSPS) is 10.6. The Balaban J connectivity index is 0.000000322. The van der Waals surface area contributed by atoms with Crippen molar-refractivity contribution in [1.82, 2.24) is 29.9 Å². The second-order valence-corrected chi connectivity index (χ2v) is 15.1. The first-order chi connectivity index (χ1) is 35.6. The fourth-order valence-corrected chi connectivity index (χ4v) is 6.93. The van der Waals surface area contributed by atoms with Crippen molar-refractivity contribution in [2.45, 2.75) is 0 Å². The van der Waals surface area contributed by atoms with E-state index < -0.39 is 14.5 Å². The maximum absolute atomic E-state index is 9.75. The van der Waals surface area contributed by atoms with E-state index >= 15 is 0 Å².